The molecule has 0 spiro atoms. The minimum Gasteiger partial charge on any atom is -0.497 e. The molecule has 8 nitrogen and oxygen atoms in total. The van der Waals surface area contributed by atoms with E-state index in [0.717, 1.165) is 5.56 Å². The van der Waals surface area contributed by atoms with Crippen molar-refractivity contribution in [2.45, 2.75) is 18.4 Å². The van der Waals surface area contributed by atoms with Crippen LogP contribution in [0, 0.1) is 6.92 Å². The van der Waals surface area contributed by atoms with Gasteiger partial charge in [0.15, 0.2) is 0 Å². The lowest BCUT2D eigenvalue weighted by Gasteiger charge is -2.16. The number of ether oxygens (including phenoxy) is 1. The molecule has 1 N–H and O–H groups in total. The summed E-state index contributed by atoms with van der Waals surface area (Å²) in [7, 11) is -0.636. The van der Waals surface area contributed by atoms with Crippen LogP contribution in [-0.2, 0) is 16.6 Å². The predicted molar refractivity (Wildman–Crippen MR) is 113 cm³/mol. The van der Waals surface area contributed by atoms with Gasteiger partial charge in [-0.05, 0) is 43.3 Å². The van der Waals surface area contributed by atoms with Gasteiger partial charge in [-0.1, -0.05) is 17.7 Å². The third kappa shape index (κ3) is 5.00. The number of amides is 1. The molecule has 0 aliphatic carbocycles. The summed E-state index contributed by atoms with van der Waals surface area (Å²) in [5.41, 5.74) is 1.84. The molecule has 0 radical (unpaired) electrons. The summed E-state index contributed by atoms with van der Waals surface area (Å²) in [6.07, 6.45) is 2.74. The number of hydrogen-bond donors (Lipinski definition) is 1. The number of carbonyl (C=O) groups is 1. The molecule has 2 aromatic carbocycles. The molecule has 9 heteroatoms. The third-order valence-corrected chi connectivity index (χ3v) is 6.23. The maximum Gasteiger partial charge on any atom is 0.258 e. The van der Waals surface area contributed by atoms with Gasteiger partial charge in [-0.15, -0.1) is 0 Å². The van der Waals surface area contributed by atoms with Crippen LogP contribution < -0.4 is 10.1 Å². The first-order chi connectivity index (χ1) is 14.3. The average Bonchev–Trinajstić information content (AvgIpc) is 2.75. The van der Waals surface area contributed by atoms with Crippen LogP contribution in [0.4, 0.5) is 5.69 Å². The first kappa shape index (κ1) is 21.4. The molecule has 1 aromatic heterocycles. The fourth-order valence-electron chi connectivity index (χ4n) is 2.61. The van der Waals surface area contributed by atoms with Crippen molar-refractivity contribution in [1.82, 2.24) is 14.3 Å². The van der Waals surface area contributed by atoms with Gasteiger partial charge in [0.1, 0.15) is 11.6 Å². The minimum absolute atomic E-state index is 0.0173. The first-order valence-electron chi connectivity index (χ1n) is 9.09. The molecule has 0 bridgehead atoms. The molecule has 156 valence electrons. The van der Waals surface area contributed by atoms with Crippen molar-refractivity contribution >= 4 is 21.6 Å². The number of anilines is 1. The summed E-state index contributed by atoms with van der Waals surface area (Å²) < 4.78 is 31.6. The van der Waals surface area contributed by atoms with Crippen molar-refractivity contribution in [2.75, 3.05) is 19.5 Å². The van der Waals surface area contributed by atoms with Gasteiger partial charge in [0.2, 0.25) is 10.0 Å². The van der Waals surface area contributed by atoms with Gasteiger partial charge < -0.3 is 10.1 Å². The van der Waals surface area contributed by atoms with Crippen LogP contribution in [0.2, 0.25) is 0 Å². The predicted octanol–water partition coefficient (Wildman–Crippen LogP) is 2.87. The smallest absolute Gasteiger partial charge is 0.258 e. The number of rotatable bonds is 7. The molecule has 0 atom stereocenters. The van der Waals surface area contributed by atoms with Crippen LogP contribution in [0.25, 0.3) is 0 Å². The Labute approximate surface area is 175 Å². The van der Waals surface area contributed by atoms with Crippen molar-refractivity contribution < 1.29 is 17.9 Å². The minimum atomic E-state index is -3.66. The molecule has 1 amide bonds. The number of aryl methyl sites for hydroxylation is 1. The Morgan fingerprint density at radius 1 is 1.03 bits per heavy atom. The molecular formula is C21H22N4O4S. The maximum absolute atomic E-state index is 12.7. The molecule has 3 rings (SSSR count). The number of methoxy groups -OCH3 is 1. The summed E-state index contributed by atoms with van der Waals surface area (Å²) >= 11 is 0. The largest absolute Gasteiger partial charge is 0.497 e. The van der Waals surface area contributed by atoms with Gasteiger partial charge >= 0.3 is 0 Å². The highest BCUT2D eigenvalue weighted by molar-refractivity contribution is 7.89. The van der Waals surface area contributed by atoms with E-state index >= 15 is 0 Å². The van der Waals surface area contributed by atoms with Crippen LogP contribution >= 0.6 is 0 Å². The monoisotopic (exact) mass is 426 g/mol. The lowest BCUT2D eigenvalue weighted by atomic mass is 10.2. The van der Waals surface area contributed by atoms with Gasteiger partial charge in [0.05, 0.1) is 24.1 Å². The molecule has 0 unspecified atom stereocenters. The van der Waals surface area contributed by atoms with E-state index in [0.29, 0.717) is 11.4 Å². The molecule has 30 heavy (non-hydrogen) atoms. The van der Waals surface area contributed by atoms with E-state index in [4.69, 9.17) is 4.74 Å². The molecule has 0 fully saturated rings. The summed E-state index contributed by atoms with van der Waals surface area (Å²) in [6, 6.07) is 13.5. The van der Waals surface area contributed by atoms with Crippen LogP contribution in [0.5, 0.6) is 5.75 Å². The normalized spacial score (nSPS) is 11.3. The Balaban J connectivity index is 1.65. The highest BCUT2D eigenvalue weighted by Gasteiger charge is 2.21. The van der Waals surface area contributed by atoms with E-state index in [1.54, 1.807) is 55.6 Å². The standard InChI is InChI=1S/C21H22N4O4S/c1-15-4-10-19(11-5-15)30(27,28)25(2)14-20-22-12-16(13-23-20)21(26)24-17-6-8-18(29-3)9-7-17/h4-13H,14H2,1-3H3,(H,24,26). The van der Waals surface area contributed by atoms with Gasteiger partial charge in [-0.2, -0.15) is 4.31 Å². The van der Waals surface area contributed by atoms with E-state index in [9.17, 15) is 13.2 Å². The molecular weight excluding hydrogens is 404 g/mol. The molecule has 0 saturated carbocycles. The lowest BCUT2D eigenvalue weighted by molar-refractivity contribution is 0.102. The van der Waals surface area contributed by atoms with E-state index in [1.807, 2.05) is 6.92 Å². The van der Waals surface area contributed by atoms with E-state index in [-0.39, 0.29) is 28.7 Å². The van der Waals surface area contributed by atoms with E-state index in [2.05, 4.69) is 15.3 Å². The van der Waals surface area contributed by atoms with Gasteiger partial charge in [0.25, 0.3) is 5.91 Å². The molecule has 0 saturated heterocycles. The van der Waals surface area contributed by atoms with Gasteiger partial charge in [0, 0.05) is 25.1 Å². The number of sulfonamides is 1. The van der Waals surface area contributed by atoms with Gasteiger partial charge in [-0.3, -0.25) is 4.79 Å². The highest BCUT2D eigenvalue weighted by atomic mass is 32.2. The number of nitrogens with zero attached hydrogens (tertiary/aromatic N) is 3. The number of aromatic nitrogens is 2. The Bertz CT molecular complexity index is 1110. The van der Waals surface area contributed by atoms with Crippen molar-refractivity contribution in [1.29, 1.82) is 0 Å². The summed E-state index contributed by atoms with van der Waals surface area (Å²) in [6.45, 7) is 1.87. The fourth-order valence-corrected chi connectivity index (χ4v) is 3.73. The zero-order valence-electron chi connectivity index (χ0n) is 16.9. The Morgan fingerprint density at radius 2 is 1.63 bits per heavy atom. The number of carbonyl (C=O) groups excluding carboxylic acids is 1. The summed E-state index contributed by atoms with van der Waals surface area (Å²) in [5, 5.41) is 2.74. The summed E-state index contributed by atoms with van der Waals surface area (Å²) in [4.78, 5) is 20.8. The van der Waals surface area contributed by atoms with Crippen molar-refractivity contribution in [3.63, 3.8) is 0 Å². The van der Waals surface area contributed by atoms with Crippen LogP contribution in [0.15, 0.2) is 65.8 Å². The number of hydrogen-bond acceptors (Lipinski definition) is 6. The number of nitrogens with one attached hydrogen (secondary N) is 1. The zero-order chi connectivity index (χ0) is 21.7. The molecule has 3 aromatic rings. The molecule has 1 heterocycles. The van der Waals surface area contributed by atoms with Crippen molar-refractivity contribution in [3.05, 3.63) is 77.9 Å². The van der Waals surface area contributed by atoms with E-state index < -0.39 is 10.0 Å². The maximum atomic E-state index is 12.7. The van der Waals surface area contributed by atoms with Crippen molar-refractivity contribution in [2.24, 2.45) is 0 Å². The highest BCUT2D eigenvalue weighted by Crippen LogP contribution is 2.17. The Kier molecular flexibility index (Phi) is 6.43. The number of benzene rings is 2. The van der Waals surface area contributed by atoms with Crippen LogP contribution in [0.1, 0.15) is 21.7 Å². The lowest BCUT2D eigenvalue weighted by Crippen LogP contribution is -2.27. The second-order valence-electron chi connectivity index (χ2n) is 6.64. The SMILES string of the molecule is COc1ccc(NC(=O)c2cnc(CN(C)S(=O)(=O)c3ccc(C)cc3)nc2)cc1. The fraction of sp³-hybridized carbons (Fsp3) is 0.190. The quantitative estimate of drug-likeness (QED) is 0.623. The molecule has 0 aliphatic rings. The van der Waals surface area contributed by atoms with Crippen molar-refractivity contribution in [3.8, 4) is 5.75 Å². The average molecular weight is 426 g/mol. The summed E-state index contributed by atoms with van der Waals surface area (Å²) in [5.74, 6) is 0.604. The van der Waals surface area contributed by atoms with Crippen LogP contribution in [0.3, 0.4) is 0 Å². The van der Waals surface area contributed by atoms with Gasteiger partial charge in [-0.25, -0.2) is 18.4 Å². The first-order valence-corrected chi connectivity index (χ1v) is 10.5. The van der Waals surface area contributed by atoms with E-state index in [1.165, 1.54) is 23.7 Å². The third-order valence-electron chi connectivity index (χ3n) is 4.41. The Morgan fingerprint density at radius 3 is 2.20 bits per heavy atom. The second kappa shape index (κ2) is 9.02. The second-order valence-corrected chi connectivity index (χ2v) is 8.69. The van der Waals surface area contributed by atoms with Crippen LogP contribution in [-0.4, -0.2) is 42.8 Å². The Hall–Kier alpha value is -3.30. The topological polar surface area (TPSA) is 101 Å². The zero-order valence-corrected chi connectivity index (χ0v) is 17.7. The molecule has 0 aliphatic heterocycles.